The lowest BCUT2D eigenvalue weighted by atomic mass is 10.0. The summed E-state index contributed by atoms with van der Waals surface area (Å²) >= 11 is 3.39. The standard InChI is InChI=1S/C35H38BrN3O5S/c1-5-37-35(41)32(21-27-12-7-6-8-13-27)38(23-28-14-10-9-11-26(28)3)34(40)24-39(29-17-15-25(2)16-18-29)45(42,43)30-19-20-33(44-4)31(36)22-30/h6-20,22,32H,5,21,23-24H2,1-4H3,(H,37,41)/t32-/m0/s1. The average molecular weight is 693 g/mol. The number of hydrogen-bond donors (Lipinski definition) is 1. The van der Waals surface area contributed by atoms with Crippen LogP contribution in [0.15, 0.2) is 106 Å². The van der Waals surface area contributed by atoms with Gasteiger partial charge in [-0.2, -0.15) is 0 Å². The Labute approximate surface area is 274 Å². The van der Waals surface area contributed by atoms with Gasteiger partial charge in [-0.3, -0.25) is 13.9 Å². The predicted octanol–water partition coefficient (Wildman–Crippen LogP) is 6.05. The van der Waals surface area contributed by atoms with E-state index >= 15 is 0 Å². The summed E-state index contributed by atoms with van der Waals surface area (Å²) in [5.41, 5.74) is 3.96. The Morgan fingerprint density at radius 2 is 1.58 bits per heavy atom. The van der Waals surface area contributed by atoms with Gasteiger partial charge in [-0.25, -0.2) is 8.42 Å². The van der Waals surface area contributed by atoms with E-state index in [-0.39, 0.29) is 23.8 Å². The minimum Gasteiger partial charge on any atom is -0.496 e. The van der Waals surface area contributed by atoms with Crippen LogP contribution in [0.2, 0.25) is 0 Å². The van der Waals surface area contributed by atoms with Gasteiger partial charge in [-0.05, 0) is 83.7 Å². The van der Waals surface area contributed by atoms with Crippen molar-refractivity contribution in [3.63, 3.8) is 0 Å². The molecule has 0 radical (unpaired) electrons. The van der Waals surface area contributed by atoms with E-state index in [1.807, 2.05) is 75.4 Å². The van der Waals surface area contributed by atoms with Crippen molar-refractivity contribution in [1.82, 2.24) is 10.2 Å². The van der Waals surface area contributed by atoms with Gasteiger partial charge >= 0.3 is 0 Å². The first-order valence-corrected chi connectivity index (χ1v) is 16.9. The molecule has 0 saturated carbocycles. The Balaban J connectivity index is 1.81. The molecule has 45 heavy (non-hydrogen) atoms. The monoisotopic (exact) mass is 691 g/mol. The van der Waals surface area contributed by atoms with E-state index in [1.165, 1.54) is 24.1 Å². The predicted molar refractivity (Wildman–Crippen MR) is 181 cm³/mol. The zero-order chi connectivity index (χ0) is 32.6. The molecule has 2 amide bonds. The van der Waals surface area contributed by atoms with E-state index in [1.54, 1.807) is 30.3 Å². The molecular weight excluding hydrogens is 654 g/mol. The maximum absolute atomic E-state index is 14.5. The first-order valence-electron chi connectivity index (χ1n) is 14.6. The third-order valence-electron chi connectivity index (χ3n) is 7.54. The minimum atomic E-state index is -4.24. The number of ether oxygens (including phenoxy) is 1. The van der Waals surface area contributed by atoms with E-state index in [2.05, 4.69) is 21.2 Å². The lowest BCUT2D eigenvalue weighted by Crippen LogP contribution is -2.53. The molecule has 0 spiro atoms. The summed E-state index contributed by atoms with van der Waals surface area (Å²) in [5.74, 6) is -0.351. The van der Waals surface area contributed by atoms with Crippen LogP contribution >= 0.6 is 15.9 Å². The van der Waals surface area contributed by atoms with Crippen LogP contribution in [0.1, 0.15) is 29.2 Å². The van der Waals surface area contributed by atoms with Gasteiger partial charge in [0.1, 0.15) is 18.3 Å². The van der Waals surface area contributed by atoms with E-state index in [9.17, 15) is 18.0 Å². The topological polar surface area (TPSA) is 96.0 Å². The second-order valence-corrected chi connectivity index (χ2v) is 13.4. The quantitative estimate of drug-likeness (QED) is 0.184. The lowest BCUT2D eigenvalue weighted by molar-refractivity contribution is -0.140. The average Bonchev–Trinajstić information content (AvgIpc) is 3.03. The van der Waals surface area contributed by atoms with Gasteiger partial charge in [-0.15, -0.1) is 0 Å². The summed E-state index contributed by atoms with van der Waals surface area (Å²) < 4.78 is 35.4. The van der Waals surface area contributed by atoms with Gasteiger partial charge in [-0.1, -0.05) is 72.3 Å². The summed E-state index contributed by atoms with van der Waals surface area (Å²) in [6.45, 7) is 5.65. The number of rotatable bonds is 13. The van der Waals surface area contributed by atoms with Crippen molar-refractivity contribution in [3.05, 3.63) is 124 Å². The fourth-order valence-corrected chi connectivity index (χ4v) is 7.12. The number of aryl methyl sites for hydroxylation is 2. The third-order valence-corrected chi connectivity index (χ3v) is 9.93. The van der Waals surface area contributed by atoms with Crippen molar-refractivity contribution in [2.75, 3.05) is 24.5 Å². The number of nitrogens with zero attached hydrogens (tertiary/aromatic N) is 2. The van der Waals surface area contributed by atoms with Crippen molar-refractivity contribution >= 4 is 43.5 Å². The van der Waals surface area contributed by atoms with Gasteiger partial charge in [0.2, 0.25) is 11.8 Å². The molecule has 0 saturated heterocycles. The second kappa shape index (κ2) is 15.2. The van der Waals surface area contributed by atoms with Crippen LogP contribution in [-0.4, -0.2) is 51.4 Å². The number of benzene rings is 4. The van der Waals surface area contributed by atoms with E-state index < -0.39 is 28.5 Å². The summed E-state index contributed by atoms with van der Waals surface area (Å²) in [5, 5.41) is 2.88. The van der Waals surface area contributed by atoms with Crippen molar-refractivity contribution in [2.45, 2.75) is 44.7 Å². The van der Waals surface area contributed by atoms with Crippen LogP contribution in [0.5, 0.6) is 5.75 Å². The van der Waals surface area contributed by atoms with Crippen LogP contribution in [0.3, 0.4) is 0 Å². The van der Waals surface area contributed by atoms with Gasteiger partial charge in [0.25, 0.3) is 10.0 Å². The number of anilines is 1. The largest absolute Gasteiger partial charge is 0.496 e. The number of amides is 2. The zero-order valence-corrected chi connectivity index (χ0v) is 28.3. The number of carbonyl (C=O) groups is 2. The zero-order valence-electron chi connectivity index (χ0n) is 25.9. The van der Waals surface area contributed by atoms with Gasteiger partial charge in [0, 0.05) is 19.5 Å². The first kappa shape index (κ1) is 33.7. The van der Waals surface area contributed by atoms with Crippen molar-refractivity contribution in [3.8, 4) is 5.75 Å². The molecule has 236 valence electrons. The molecule has 4 rings (SSSR count). The van der Waals surface area contributed by atoms with Gasteiger partial charge in [0.05, 0.1) is 22.2 Å². The summed E-state index contributed by atoms with van der Waals surface area (Å²) in [4.78, 5) is 29.6. The summed E-state index contributed by atoms with van der Waals surface area (Å²) in [7, 11) is -2.74. The number of halogens is 1. The molecule has 4 aromatic carbocycles. The number of nitrogens with one attached hydrogen (secondary N) is 1. The maximum Gasteiger partial charge on any atom is 0.264 e. The van der Waals surface area contributed by atoms with Crippen LogP contribution < -0.4 is 14.4 Å². The summed E-state index contributed by atoms with van der Waals surface area (Å²) in [6, 6.07) is 27.6. The maximum atomic E-state index is 14.5. The molecule has 0 bridgehead atoms. The molecule has 0 unspecified atom stereocenters. The lowest BCUT2D eigenvalue weighted by Gasteiger charge is -2.34. The highest BCUT2D eigenvalue weighted by Gasteiger charge is 2.35. The molecule has 0 aliphatic carbocycles. The van der Waals surface area contributed by atoms with Crippen molar-refractivity contribution in [2.24, 2.45) is 0 Å². The SMILES string of the molecule is CCNC(=O)[C@H](Cc1ccccc1)N(Cc1ccccc1C)C(=O)CN(c1ccc(C)cc1)S(=O)(=O)c1ccc(OC)c(Br)c1. The van der Waals surface area contributed by atoms with Crippen molar-refractivity contribution in [1.29, 1.82) is 0 Å². The fourth-order valence-electron chi connectivity index (χ4n) is 4.99. The highest BCUT2D eigenvalue weighted by atomic mass is 79.9. The van der Waals surface area contributed by atoms with Crippen LogP contribution in [0.25, 0.3) is 0 Å². The molecular formula is C35H38BrN3O5S. The smallest absolute Gasteiger partial charge is 0.264 e. The number of carbonyl (C=O) groups excluding carboxylic acids is 2. The van der Waals surface area contributed by atoms with E-state index in [0.717, 1.165) is 26.6 Å². The Bertz CT molecular complexity index is 1730. The third kappa shape index (κ3) is 8.32. The van der Waals surface area contributed by atoms with Crippen molar-refractivity contribution < 1.29 is 22.7 Å². The minimum absolute atomic E-state index is 0.0152. The number of methoxy groups -OCH3 is 1. The first-order chi connectivity index (χ1) is 21.5. The molecule has 0 aromatic heterocycles. The fraction of sp³-hybridized carbons (Fsp3) is 0.257. The second-order valence-electron chi connectivity index (χ2n) is 10.7. The highest BCUT2D eigenvalue weighted by Crippen LogP contribution is 2.31. The molecule has 1 atom stereocenters. The number of hydrogen-bond acceptors (Lipinski definition) is 5. The molecule has 0 heterocycles. The van der Waals surface area contributed by atoms with Crippen LogP contribution in [0.4, 0.5) is 5.69 Å². The number of likely N-dealkylation sites (N-methyl/N-ethyl adjacent to an activating group) is 1. The molecule has 0 fully saturated rings. The van der Waals surface area contributed by atoms with Crippen LogP contribution in [-0.2, 0) is 32.6 Å². The normalized spacial score (nSPS) is 11.8. The van der Waals surface area contributed by atoms with Gasteiger partial charge < -0.3 is 15.0 Å². The van der Waals surface area contributed by atoms with Crippen LogP contribution in [0, 0.1) is 13.8 Å². The molecule has 0 aliphatic heterocycles. The number of sulfonamides is 1. The molecule has 0 aliphatic rings. The van der Waals surface area contributed by atoms with Gasteiger partial charge in [0.15, 0.2) is 0 Å². The Morgan fingerprint density at radius 3 is 2.20 bits per heavy atom. The van der Waals surface area contributed by atoms with E-state index in [0.29, 0.717) is 22.5 Å². The molecule has 8 nitrogen and oxygen atoms in total. The summed E-state index contributed by atoms with van der Waals surface area (Å²) in [6.07, 6.45) is 0.257. The Kier molecular flexibility index (Phi) is 11.4. The Morgan fingerprint density at radius 1 is 0.911 bits per heavy atom. The molecule has 1 N–H and O–H groups in total. The highest BCUT2D eigenvalue weighted by molar-refractivity contribution is 9.10. The Hall–Kier alpha value is -4.15. The van der Waals surface area contributed by atoms with E-state index in [4.69, 9.17) is 4.74 Å². The molecule has 10 heteroatoms. The molecule has 4 aromatic rings.